The van der Waals surface area contributed by atoms with Gasteiger partial charge in [-0.2, -0.15) is 0 Å². The first-order chi connectivity index (χ1) is 4.83. The second kappa shape index (κ2) is 4.85. The molecule has 0 nitrogen and oxygen atoms in total. The van der Waals surface area contributed by atoms with Crippen molar-refractivity contribution in [1.82, 2.24) is 0 Å². The van der Waals surface area contributed by atoms with E-state index in [1.165, 1.54) is 17.3 Å². The molecule has 0 radical (unpaired) electrons. The van der Waals surface area contributed by atoms with Crippen molar-refractivity contribution >= 4 is 44.8 Å². The Labute approximate surface area is 86.4 Å². The zero-order chi connectivity index (χ0) is 7.40. The summed E-state index contributed by atoms with van der Waals surface area (Å²) in [4.78, 5) is 0. The number of halogens is 2. The van der Waals surface area contributed by atoms with Crippen LogP contribution < -0.4 is 0 Å². The lowest BCUT2D eigenvalue weighted by atomic mass is 10.1. The molecule has 0 aliphatic carbocycles. The molecule has 1 rings (SSSR count). The summed E-state index contributed by atoms with van der Waals surface area (Å²) in [7, 11) is 0. The zero-order valence-electron chi connectivity index (χ0n) is 6.11. The van der Waals surface area contributed by atoms with Crippen molar-refractivity contribution in [3.63, 3.8) is 0 Å². The van der Waals surface area contributed by atoms with Gasteiger partial charge in [-0.1, -0.05) is 19.4 Å². The Morgan fingerprint density at radius 3 is 3.10 bits per heavy atom. The highest BCUT2D eigenvalue weighted by molar-refractivity contribution is 14.2. The molecule has 10 heavy (non-hydrogen) atoms. The third-order valence-electron chi connectivity index (χ3n) is 1.56. The van der Waals surface area contributed by atoms with Gasteiger partial charge in [0.05, 0.1) is 0 Å². The molecule has 0 saturated heterocycles. The van der Waals surface area contributed by atoms with E-state index in [-0.39, 0.29) is 0 Å². The van der Waals surface area contributed by atoms with Crippen LogP contribution in [0.3, 0.4) is 0 Å². The van der Waals surface area contributed by atoms with Crippen LogP contribution in [0.15, 0.2) is 12.2 Å². The van der Waals surface area contributed by atoms with Gasteiger partial charge in [0.1, 0.15) is 0 Å². The molecular formula is C8H12I2. The van der Waals surface area contributed by atoms with E-state index in [1.54, 1.807) is 1.52 Å². The van der Waals surface area contributed by atoms with Crippen LogP contribution in [-0.2, 0) is 0 Å². The fourth-order valence-electron chi connectivity index (χ4n) is 1.02. The first-order valence-electron chi connectivity index (χ1n) is 3.62. The van der Waals surface area contributed by atoms with Crippen LogP contribution in [0, 0.1) is 5.92 Å². The van der Waals surface area contributed by atoms with E-state index in [0.717, 1.165) is 5.92 Å². The molecule has 0 aromatic heterocycles. The van der Waals surface area contributed by atoms with Gasteiger partial charge in [-0.25, -0.2) is 0 Å². The number of hydrogen-bond acceptors (Lipinski definition) is 0. The summed E-state index contributed by atoms with van der Waals surface area (Å²) in [6, 6.07) is 0. The number of alkyl halides is 1. The maximum absolute atomic E-state index is 2.47. The standard InChI is InChI=1S/C8H12I2/c1-2-3-7-4-5-8(9)10-6-7/h4-5,7H,2-3,6H2,1H3. The Kier molecular flexibility index (Phi) is 4.44. The van der Waals surface area contributed by atoms with Crippen LogP contribution in [-0.4, -0.2) is 5.94 Å². The summed E-state index contributed by atoms with van der Waals surface area (Å²) >= 11 is 2.89. The molecule has 0 saturated carbocycles. The van der Waals surface area contributed by atoms with Crippen molar-refractivity contribution in [2.45, 2.75) is 19.8 Å². The Balaban J connectivity index is 2.37. The molecule has 1 aliphatic heterocycles. The predicted octanol–water partition coefficient (Wildman–Crippen LogP) is 3.51. The molecule has 1 atom stereocenters. The molecule has 1 heterocycles. The lowest BCUT2D eigenvalue weighted by Crippen LogP contribution is -2.01. The van der Waals surface area contributed by atoms with E-state index < -0.39 is 0 Å². The Morgan fingerprint density at radius 1 is 1.80 bits per heavy atom. The van der Waals surface area contributed by atoms with Crippen molar-refractivity contribution < 1.29 is 0 Å². The van der Waals surface area contributed by atoms with Gasteiger partial charge in [0, 0.05) is 5.94 Å². The highest BCUT2D eigenvalue weighted by atomic mass is 127. The van der Waals surface area contributed by atoms with Crippen LogP contribution in [0.25, 0.3) is 0 Å². The minimum atomic E-state index is 0.416. The molecule has 2 heteroatoms. The third kappa shape index (κ3) is 2.98. The number of hydrogen-bond donors (Lipinski definition) is 0. The summed E-state index contributed by atoms with van der Waals surface area (Å²) in [6.45, 7) is 2.27. The van der Waals surface area contributed by atoms with E-state index in [4.69, 9.17) is 0 Å². The van der Waals surface area contributed by atoms with Crippen LogP contribution in [0.1, 0.15) is 19.8 Å². The molecule has 0 N–H and O–H groups in total. The molecule has 58 valence electrons. The van der Waals surface area contributed by atoms with Crippen LogP contribution >= 0.6 is 43.3 Å². The average Bonchev–Trinajstić information content (AvgIpc) is 1.95. The molecule has 0 spiro atoms. The third-order valence-corrected chi connectivity index (χ3v) is 6.51. The van der Waals surface area contributed by atoms with Gasteiger partial charge in [0.2, 0.25) is 0 Å². The van der Waals surface area contributed by atoms with E-state index in [9.17, 15) is 0 Å². The molecule has 0 bridgehead atoms. The van der Waals surface area contributed by atoms with Crippen molar-refractivity contribution in [3.05, 3.63) is 12.2 Å². The average molecular weight is 362 g/mol. The Hall–Kier alpha value is 1.07. The number of allylic oxidation sites excluding steroid dienone is 2. The van der Waals surface area contributed by atoms with Crippen molar-refractivity contribution in [3.8, 4) is 0 Å². The monoisotopic (exact) mass is 362 g/mol. The summed E-state index contributed by atoms with van der Waals surface area (Å²) in [5.74, 6) is 0.927. The first-order valence-corrected chi connectivity index (χ1v) is 7.31. The molecule has 0 amide bonds. The lowest BCUT2D eigenvalue weighted by molar-refractivity contribution is 0.650. The second-order valence-electron chi connectivity index (χ2n) is 2.49. The SMILES string of the molecule is CCCC1C=CC(I)=IC1. The van der Waals surface area contributed by atoms with Gasteiger partial charge in [0.25, 0.3) is 0 Å². The molecular weight excluding hydrogens is 350 g/mol. The fraction of sp³-hybridized carbons (Fsp3) is 0.625. The summed E-state index contributed by atoms with van der Waals surface area (Å²) in [5.41, 5.74) is 0. The zero-order valence-corrected chi connectivity index (χ0v) is 10.4. The predicted molar refractivity (Wildman–Crippen MR) is 65.5 cm³/mol. The topological polar surface area (TPSA) is 0 Å². The van der Waals surface area contributed by atoms with Crippen molar-refractivity contribution in [2.75, 3.05) is 4.43 Å². The summed E-state index contributed by atoms with van der Waals surface area (Å²) < 4.78 is 3.12. The highest BCUT2D eigenvalue weighted by Gasteiger charge is 2.05. The normalized spacial score (nSPS) is 25.4. The van der Waals surface area contributed by atoms with Crippen LogP contribution in [0.5, 0.6) is 0 Å². The minimum Gasteiger partial charge on any atom is -0.107 e. The highest BCUT2D eigenvalue weighted by Crippen LogP contribution is 2.23. The van der Waals surface area contributed by atoms with Gasteiger partial charge >= 0.3 is 0 Å². The molecule has 1 unspecified atom stereocenters. The van der Waals surface area contributed by atoms with Gasteiger partial charge < -0.3 is 0 Å². The fourth-order valence-corrected chi connectivity index (χ4v) is 4.53. The molecule has 0 fully saturated rings. The van der Waals surface area contributed by atoms with E-state index in [1.807, 2.05) is 0 Å². The van der Waals surface area contributed by atoms with E-state index >= 15 is 0 Å². The van der Waals surface area contributed by atoms with Gasteiger partial charge in [-0.15, -0.1) is 20.7 Å². The molecule has 0 aromatic rings. The van der Waals surface area contributed by atoms with Gasteiger partial charge in [0.15, 0.2) is 0 Å². The van der Waals surface area contributed by atoms with Crippen LogP contribution in [0.4, 0.5) is 0 Å². The maximum atomic E-state index is 2.47. The number of rotatable bonds is 2. The molecule has 1 aliphatic rings. The smallest absolute Gasteiger partial charge is 0.0418 e. The minimum absolute atomic E-state index is 0.416. The Morgan fingerprint density at radius 2 is 2.60 bits per heavy atom. The molecule has 0 aromatic carbocycles. The quantitative estimate of drug-likeness (QED) is 0.521. The lowest BCUT2D eigenvalue weighted by Gasteiger charge is -2.11. The summed E-state index contributed by atoms with van der Waals surface area (Å²) in [6.07, 6.45) is 7.47. The summed E-state index contributed by atoms with van der Waals surface area (Å²) in [5, 5.41) is 0. The first kappa shape index (κ1) is 9.16. The second-order valence-corrected chi connectivity index (χ2v) is 8.52. The van der Waals surface area contributed by atoms with Crippen molar-refractivity contribution in [2.24, 2.45) is 5.92 Å². The Bertz CT molecular complexity index is 159. The van der Waals surface area contributed by atoms with E-state index in [2.05, 4.69) is 41.7 Å². The maximum Gasteiger partial charge on any atom is 0.0418 e. The van der Waals surface area contributed by atoms with Crippen molar-refractivity contribution in [1.29, 1.82) is 0 Å². The van der Waals surface area contributed by atoms with E-state index in [0.29, 0.717) is 20.7 Å². The van der Waals surface area contributed by atoms with Gasteiger partial charge in [-0.3, -0.25) is 0 Å². The van der Waals surface area contributed by atoms with Crippen LogP contribution in [0.2, 0.25) is 0 Å². The van der Waals surface area contributed by atoms with Gasteiger partial charge in [-0.05, 0) is 41.0 Å². The largest absolute Gasteiger partial charge is 0.107 e.